The highest BCUT2D eigenvalue weighted by Gasteiger charge is 2.25. The van der Waals surface area contributed by atoms with Crippen molar-refractivity contribution in [1.82, 2.24) is 14.2 Å². The zero-order valence-electron chi connectivity index (χ0n) is 12.2. The summed E-state index contributed by atoms with van der Waals surface area (Å²) in [6.45, 7) is 9.91. The minimum atomic E-state index is -3.46. The third-order valence-electron chi connectivity index (χ3n) is 3.18. The predicted octanol–water partition coefficient (Wildman–Crippen LogP) is 2.54. The Morgan fingerprint density at radius 1 is 1.20 bits per heavy atom. The molecule has 0 aliphatic rings. The van der Waals surface area contributed by atoms with E-state index < -0.39 is 10.0 Å². The van der Waals surface area contributed by atoms with Crippen LogP contribution in [-0.2, 0) is 10.0 Å². The maximum atomic E-state index is 12.4. The summed E-state index contributed by atoms with van der Waals surface area (Å²) < 4.78 is 26.8. The molecule has 0 unspecified atom stereocenters. The number of hydrogen-bond donors (Lipinski definition) is 0. The van der Waals surface area contributed by atoms with Gasteiger partial charge in [0.15, 0.2) is 8.68 Å². The highest BCUT2D eigenvalue weighted by atomic mass is 35.5. The standard InChI is InChI=1S/C12H22ClN3O2S2/c1-4-15(5-2)8-7-9-16(6-3)20(17,18)11-10-14-12(13)19-11/h10H,4-9H2,1-3H3. The van der Waals surface area contributed by atoms with Crippen LogP contribution in [0.25, 0.3) is 0 Å². The lowest BCUT2D eigenvalue weighted by atomic mass is 10.3. The lowest BCUT2D eigenvalue weighted by molar-refractivity contribution is 0.285. The van der Waals surface area contributed by atoms with E-state index in [0.717, 1.165) is 37.4 Å². The van der Waals surface area contributed by atoms with E-state index in [-0.39, 0.29) is 8.68 Å². The van der Waals surface area contributed by atoms with Gasteiger partial charge in [-0.1, -0.05) is 43.7 Å². The minimum Gasteiger partial charge on any atom is -0.304 e. The maximum Gasteiger partial charge on any atom is 0.254 e. The van der Waals surface area contributed by atoms with Gasteiger partial charge in [-0.15, -0.1) is 0 Å². The zero-order chi connectivity index (χ0) is 15.2. The summed E-state index contributed by atoms with van der Waals surface area (Å²) in [5, 5.41) is 0. The van der Waals surface area contributed by atoms with Gasteiger partial charge in [0.05, 0.1) is 6.20 Å². The zero-order valence-corrected chi connectivity index (χ0v) is 14.6. The lowest BCUT2D eigenvalue weighted by Crippen LogP contribution is -2.34. The molecule has 1 aromatic rings. The van der Waals surface area contributed by atoms with Crippen molar-refractivity contribution in [2.75, 3.05) is 32.7 Å². The van der Waals surface area contributed by atoms with Crippen molar-refractivity contribution < 1.29 is 8.42 Å². The molecule has 20 heavy (non-hydrogen) atoms. The molecule has 0 bridgehead atoms. The summed E-state index contributed by atoms with van der Waals surface area (Å²) in [6, 6.07) is 0. The summed E-state index contributed by atoms with van der Waals surface area (Å²) in [6.07, 6.45) is 2.15. The molecular formula is C12H22ClN3O2S2. The molecule has 0 spiro atoms. The summed E-state index contributed by atoms with van der Waals surface area (Å²) >= 11 is 6.72. The van der Waals surface area contributed by atoms with Crippen LogP contribution in [0.1, 0.15) is 27.2 Å². The number of sulfonamides is 1. The smallest absolute Gasteiger partial charge is 0.254 e. The Balaban J connectivity index is 2.66. The first-order valence-corrected chi connectivity index (χ1v) is 9.42. The summed E-state index contributed by atoms with van der Waals surface area (Å²) in [4.78, 5) is 6.09. The normalized spacial score (nSPS) is 12.5. The van der Waals surface area contributed by atoms with Gasteiger partial charge in [-0.25, -0.2) is 13.4 Å². The van der Waals surface area contributed by atoms with Gasteiger partial charge in [0, 0.05) is 13.1 Å². The second-order valence-corrected chi connectivity index (χ2v) is 8.09. The van der Waals surface area contributed by atoms with Crippen molar-refractivity contribution in [1.29, 1.82) is 0 Å². The van der Waals surface area contributed by atoms with Crippen molar-refractivity contribution in [3.05, 3.63) is 10.7 Å². The van der Waals surface area contributed by atoms with E-state index in [9.17, 15) is 8.42 Å². The third kappa shape index (κ3) is 4.66. The molecule has 8 heteroatoms. The molecular weight excluding hydrogens is 318 g/mol. The molecule has 1 aromatic heterocycles. The first kappa shape index (κ1) is 17.8. The van der Waals surface area contributed by atoms with Gasteiger partial charge in [0.25, 0.3) is 10.0 Å². The fourth-order valence-electron chi connectivity index (χ4n) is 1.94. The minimum absolute atomic E-state index is 0.215. The Morgan fingerprint density at radius 2 is 1.85 bits per heavy atom. The first-order chi connectivity index (χ1) is 9.45. The van der Waals surface area contributed by atoms with Crippen molar-refractivity contribution in [2.24, 2.45) is 0 Å². The molecule has 0 N–H and O–H groups in total. The predicted molar refractivity (Wildman–Crippen MR) is 84.0 cm³/mol. The van der Waals surface area contributed by atoms with Crippen LogP contribution in [0.3, 0.4) is 0 Å². The molecule has 0 fully saturated rings. The van der Waals surface area contributed by atoms with Crippen LogP contribution < -0.4 is 0 Å². The van der Waals surface area contributed by atoms with E-state index in [4.69, 9.17) is 11.6 Å². The Morgan fingerprint density at radius 3 is 2.30 bits per heavy atom. The van der Waals surface area contributed by atoms with Gasteiger partial charge in [-0.3, -0.25) is 0 Å². The van der Waals surface area contributed by atoms with Crippen LogP contribution in [0.2, 0.25) is 4.47 Å². The fourth-order valence-corrected chi connectivity index (χ4v) is 4.88. The van der Waals surface area contributed by atoms with E-state index in [1.807, 2.05) is 6.92 Å². The molecule has 0 saturated heterocycles. The van der Waals surface area contributed by atoms with Crippen LogP contribution in [0.15, 0.2) is 10.4 Å². The SMILES string of the molecule is CCN(CC)CCCN(CC)S(=O)(=O)c1cnc(Cl)s1. The first-order valence-electron chi connectivity index (χ1n) is 6.79. The van der Waals surface area contributed by atoms with Gasteiger partial charge in [-0.2, -0.15) is 4.31 Å². The number of halogens is 1. The van der Waals surface area contributed by atoms with Gasteiger partial charge < -0.3 is 4.90 Å². The summed E-state index contributed by atoms with van der Waals surface area (Å²) in [7, 11) is -3.46. The van der Waals surface area contributed by atoms with Crippen LogP contribution in [0.4, 0.5) is 0 Å². The van der Waals surface area contributed by atoms with E-state index in [0.29, 0.717) is 13.1 Å². The molecule has 0 aliphatic heterocycles. The van der Waals surface area contributed by atoms with Crippen LogP contribution in [-0.4, -0.2) is 55.3 Å². The average molecular weight is 340 g/mol. The molecule has 1 rings (SSSR count). The quantitative estimate of drug-likeness (QED) is 0.693. The molecule has 1 heterocycles. The number of rotatable bonds is 9. The molecule has 0 amide bonds. The Labute approximate surface area is 130 Å². The third-order valence-corrected chi connectivity index (χ3v) is 6.71. The Kier molecular flexibility index (Phi) is 7.39. The molecule has 0 aliphatic carbocycles. The van der Waals surface area contributed by atoms with Gasteiger partial charge in [-0.05, 0) is 26.1 Å². The largest absolute Gasteiger partial charge is 0.304 e. The molecule has 5 nitrogen and oxygen atoms in total. The van der Waals surface area contributed by atoms with Crippen LogP contribution >= 0.6 is 22.9 Å². The second kappa shape index (κ2) is 8.29. The number of thiazole rings is 1. The van der Waals surface area contributed by atoms with Crippen molar-refractivity contribution >= 4 is 33.0 Å². The van der Waals surface area contributed by atoms with Crippen molar-refractivity contribution in [3.8, 4) is 0 Å². The molecule has 0 aromatic carbocycles. The summed E-state index contributed by atoms with van der Waals surface area (Å²) in [5.41, 5.74) is 0. The molecule has 0 radical (unpaired) electrons. The van der Waals surface area contributed by atoms with Crippen molar-refractivity contribution in [2.45, 2.75) is 31.4 Å². The van der Waals surface area contributed by atoms with Gasteiger partial charge in [0.1, 0.15) is 0 Å². The highest BCUT2D eigenvalue weighted by molar-refractivity contribution is 7.91. The molecule has 116 valence electrons. The maximum absolute atomic E-state index is 12.4. The lowest BCUT2D eigenvalue weighted by Gasteiger charge is -2.22. The van der Waals surface area contributed by atoms with E-state index in [1.54, 1.807) is 0 Å². The van der Waals surface area contributed by atoms with Crippen LogP contribution in [0.5, 0.6) is 0 Å². The summed E-state index contributed by atoms with van der Waals surface area (Å²) in [5.74, 6) is 0. The average Bonchev–Trinajstić information content (AvgIpc) is 2.86. The number of aromatic nitrogens is 1. The Bertz CT molecular complexity index is 501. The topological polar surface area (TPSA) is 53.5 Å². The molecule has 0 saturated carbocycles. The Hall–Kier alpha value is -0.210. The highest BCUT2D eigenvalue weighted by Crippen LogP contribution is 2.25. The second-order valence-electron chi connectivity index (χ2n) is 4.31. The number of nitrogens with zero attached hydrogens (tertiary/aromatic N) is 3. The number of hydrogen-bond acceptors (Lipinski definition) is 5. The van der Waals surface area contributed by atoms with Crippen LogP contribution in [0, 0.1) is 0 Å². The monoisotopic (exact) mass is 339 g/mol. The fraction of sp³-hybridized carbons (Fsp3) is 0.750. The van der Waals surface area contributed by atoms with Gasteiger partial charge >= 0.3 is 0 Å². The molecule has 0 atom stereocenters. The van der Waals surface area contributed by atoms with Crippen molar-refractivity contribution in [3.63, 3.8) is 0 Å². The van der Waals surface area contributed by atoms with E-state index in [2.05, 4.69) is 23.7 Å². The van der Waals surface area contributed by atoms with E-state index in [1.165, 1.54) is 10.5 Å². The van der Waals surface area contributed by atoms with Gasteiger partial charge in [0.2, 0.25) is 0 Å². The van der Waals surface area contributed by atoms with E-state index >= 15 is 0 Å².